The Bertz CT molecular complexity index is 435. The lowest BCUT2D eigenvalue weighted by molar-refractivity contribution is -0.139. The number of halogens is 3. The van der Waals surface area contributed by atoms with E-state index in [0.29, 0.717) is 0 Å². The number of pyridine rings is 1. The fourth-order valence-corrected chi connectivity index (χ4v) is 1.20. The number of nitrogens with one attached hydrogen (secondary N) is 1. The number of carbonyl (C=O) groups excluding carboxylic acids is 1. The van der Waals surface area contributed by atoms with Crippen molar-refractivity contribution in [3.05, 3.63) is 23.9 Å². The standard InChI is InChI=1S/C11H14F3N3O2/c1-7(15)9(18)16-5-6-19-10-8(11(12,13)14)3-2-4-17-10/h2-4,7H,5-6,15H2,1H3,(H,16,18). The molecular formula is C11H14F3N3O2. The van der Waals surface area contributed by atoms with Gasteiger partial charge in [0.05, 0.1) is 12.6 Å². The molecule has 8 heteroatoms. The molecular weight excluding hydrogens is 263 g/mol. The first-order chi connectivity index (χ1) is 8.82. The quantitative estimate of drug-likeness (QED) is 0.785. The lowest BCUT2D eigenvalue weighted by Gasteiger charge is -2.13. The monoisotopic (exact) mass is 277 g/mol. The molecule has 0 bridgehead atoms. The van der Waals surface area contributed by atoms with Crippen LogP contribution in [0.3, 0.4) is 0 Å². The Morgan fingerprint density at radius 2 is 2.26 bits per heavy atom. The van der Waals surface area contributed by atoms with E-state index < -0.39 is 29.6 Å². The van der Waals surface area contributed by atoms with Crippen molar-refractivity contribution in [1.29, 1.82) is 0 Å². The molecule has 1 rings (SSSR count). The van der Waals surface area contributed by atoms with Gasteiger partial charge in [-0.2, -0.15) is 13.2 Å². The average molecular weight is 277 g/mol. The van der Waals surface area contributed by atoms with E-state index in [1.807, 2.05) is 0 Å². The minimum absolute atomic E-state index is 0.0498. The molecule has 0 aromatic carbocycles. The normalized spacial score (nSPS) is 12.9. The van der Waals surface area contributed by atoms with Crippen LogP contribution >= 0.6 is 0 Å². The second-order valence-corrected chi connectivity index (χ2v) is 3.78. The molecule has 0 saturated carbocycles. The Hall–Kier alpha value is -1.83. The van der Waals surface area contributed by atoms with E-state index in [1.165, 1.54) is 19.2 Å². The van der Waals surface area contributed by atoms with Crippen LogP contribution in [0.25, 0.3) is 0 Å². The number of aromatic nitrogens is 1. The molecule has 0 aliphatic rings. The molecule has 0 aliphatic carbocycles. The van der Waals surface area contributed by atoms with Crippen LogP contribution < -0.4 is 15.8 Å². The molecule has 3 N–H and O–H groups in total. The van der Waals surface area contributed by atoms with Gasteiger partial charge in [0.15, 0.2) is 0 Å². The highest BCUT2D eigenvalue weighted by Crippen LogP contribution is 2.34. The number of rotatable bonds is 5. The summed E-state index contributed by atoms with van der Waals surface area (Å²) in [7, 11) is 0. The summed E-state index contributed by atoms with van der Waals surface area (Å²) in [6, 6.07) is 1.37. The Balaban J connectivity index is 2.53. The van der Waals surface area contributed by atoms with E-state index in [0.717, 1.165) is 6.07 Å². The maximum atomic E-state index is 12.6. The number of carbonyl (C=O) groups is 1. The molecule has 106 valence electrons. The molecule has 1 heterocycles. The maximum absolute atomic E-state index is 12.6. The van der Waals surface area contributed by atoms with Crippen molar-refractivity contribution in [2.75, 3.05) is 13.2 Å². The summed E-state index contributed by atoms with van der Waals surface area (Å²) in [4.78, 5) is 14.6. The lowest BCUT2D eigenvalue weighted by Crippen LogP contribution is -2.40. The highest BCUT2D eigenvalue weighted by Gasteiger charge is 2.34. The minimum Gasteiger partial charge on any atom is -0.475 e. The summed E-state index contributed by atoms with van der Waals surface area (Å²) >= 11 is 0. The van der Waals surface area contributed by atoms with Gasteiger partial charge in [-0.3, -0.25) is 4.79 Å². The second kappa shape index (κ2) is 6.37. The van der Waals surface area contributed by atoms with Crippen molar-refractivity contribution < 1.29 is 22.7 Å². The molecule has 1 amide bonds. The Kier molecular flexibility index (Phi) is 5.11. The van der Waals surface area contributed by atoms with Gasteiger partial charge in [0.2, 0.25) is 11.8 Å². The third-order valence-corrected chi connectivity index (χ3v) is 2.13. The minimum atomic E-state index is -4.53. The van der Waals surface area contributed by atoms with Crippen LogP contribution in [0.1, 0.15) is 12.5 Å². The summed E-state index contributed by atoms with van der Waals surface area (Å²) < 4.78 is 42.7. The van der Waals surface area contributed by atoms with Gasteiger partial charge in [0, 0.05) is 6.20 Å². The topological polar surface area (TPSA) is 77.2 Å². The fraction of sp³-hybridized carbons (Fsp3) is 0.455. The van der Waals surface area contributed by atoms with E-state index in [1.54, 1.807) is 0 Å². The van der Waals surface area contributed by atoms with Crippen molar-refractivity contribution in [3.8, 4) is 5.88 Å². The van der Waals surface area contributed by atoms with Gasteiger partial charge in [-0.1, -0.05) is 0 Å². The van der Waals surface area contributed by atoms with Crippen LogP contribution in [-0.2, 0) is 11.0 Å². The van der Waals surface area contributed by atoms with Crippen LogP contribution in [0.15, 0.2) is 18.3 Å². The van der Waals surface area contributed by atoms with Gasteiger partial charge in [-0.05, 0) is 19.1 Å². The van der Waals surface area contributed by atoms with E-state index in [2.05, 4.69) is 10.3 Å². The Morgan fingerprint density at radius 3 is 2.84 bits per heavy atom. The smallest absolute Gasteiger partial charge is 0.421 e. The summed E-state index contributed by atoms with van der Waals surface area (Å²) in [5, 5.41) is 2.41. The van der Waals surface area contributed by atoms with Crippen LogP contribution in [-0.4, -0.2) is 30.1 Å². The predicted octanol–water partition coefficient (Wildman–Crippen LogP) is 0.943. The van der Waals surface area contributed by atoms with Gasteiger partial charge >= 0.3 is 6.18 Å². The molecule has 0 saturated heterocycles. The first kappa shape index (κ1) is 15.2. The van der Waals surface area contributed by atoms with Gasteiger partial charge in [0.1, 0.15) is 12.2 Å². The zero-order chi connectivity index (χ0) is 14.5. The van der Waals surface area contributed by atoms with Crippen LogP contribution in [0.5, 0.6) is 5.88 Å². The first-order valence-corrected chi connectivity index (χ1v) is 5.50. The number of amides is 1. The summed E-state index contributed by atoms with van der Waals surface area (Å²) in [5.41, 5.74) is 4.35. The molecule has 0 spiro atoms. The molecule has 1 unspecified atom stereocenters. The van der Waals surface area contributed by atoms with E-state index >= 15 is 0 Å². The second-order valence-electron chi connectivity index (χ2n) is 3.78. The van der Waals surface area contributed by atoms with Crippen LogP contribution in [0.2, 0.25) is 0 Å². The van der Waals surface area contributed by atoms with Crippen LogP contribution in [0.4, 0.5) is 13.2 Å². The third-order valence-electron chi connectivity index (χ3n) is 2.13. The summed E-state index contributed by atoms with van der Waals surface area (Å²) in [6.45, 7) is 1.42. The van der Waals surface area contributed by atoms with E-state index in [4.69, 9.17) is 10.5 Å². The van der Waals surface area contributed by atoms with Crippen molar-refractivity contribution in [2.24, 2.45) is 5.73 Å². The average Bonchev–Trinajstić information content (AvgIpc) is 2.33. The molecule has 1 atom stereocenters. The summed E-state index contributed by atoms with van der Waals surface area (Å²) in [6.07, 6.45) is -3.33. The number of ether oxygens (including phenoxy) is 1. The summed E-state index contributed by atoms with van der Waals surface area (Å²) in [5.74, 6) is -0.911. The molecule has 19 heavy (non-hydrogen) atoms. The van der Waals surface area contributed by atoms with Crippen molar-refractivity contribution in [3.63, 3.8) is 0 Å². The lowest BCUT2D eigenvalue weighted by atomic mass is 10.2. The number of hydrogen-bond acceptors (Lipinski definition) is 4. The largest absolute Gasteiger partial charge is 0.475 e. The van der Waals surface area contributed by atoms with Crippen molar-refractivity contribution in [2.45, 2.75) is 19.1 Å². The highest BCUT2D eigenvalue weighted by molar-refractivity contribution is 5.80. The van der Waals surface area contributed by atoms with E-state index in [9.17, 15) is 18.0 Å². The predicted molar refractivity (Wildman–Crippen MR) is 61.4 cm³/mol. The van der Waals surface area contributed by atoms with Crippen LogP contribution in [0, 0.1) is 0 Å². The number of nitrogens with zero attached hydrogens (tertiary/aromatic N) is 1. The van der Waals surface area contributed by atoms with Gasteiger partial charge in [-0.15, -0.1) is 0 Å². The zero-order valence-electron chi connectivity index (χ0n) is 10.2. The molecule has 0 fully saturated rings. The van der Waals surface area contributed by atoms with Gasteiger partial charge in [-0.25, -0.2) is 4.98 Å². The molecule has 1 aromatic rings. The third kappa shape index (κ3) is 4.74. The zero-order valence-corrected chi connectivity index (χ0v) is 10.2. The molecule has 0 radical (unpaired) electrons. The Labute approximate surface area is 108 Å². The van der Waals surface area contributed by atoms with Gasteiger partial charge in [0.25, 0.3) is 0 Å². The SMILES string of the molecule is CC(N)C(=O)NCCOc1ncccc1C(F)(F)F. The van der Waals surface area contributed by atoms with Crippen molar-refractivity contribution >= 4 is 5.91 Å². The number of nitrogens with two attached hydrogens (primary N) is 1. The van der Waals surface area contributed by atoms with Crippen molar-refractivity contribution in [1.82, 2.24) is 10.3 Å². The van der Waals surface area contributed by atoms with Gasteiger partial charge < -0.3 is 15.8 Å². The maximum Gasteiger partial charge on any atom is 0.421 e. The Morgan fingerprint density at radius 1 is 1.58 bits per heavy atom. The molecule has 0 aliphatic heterocycles. The molecule has 5 nitrogen and oxygen atoms in total. The number of hydrogen-bond donors (Lipinski definition) is 2. The first-order valence-electron chi connectivity index (χ1n) is 5.50. The number of alkyl halides is 3. The highest BCUT2D eigenvalue weighted by atomic mass is 19.4. The van der Waals surface area contributed by atoms with E-state index in [-0.39, 0.29) is 13.2 Å². The fourth-order valence-electron chi connectivity index (χ4n) is 1.20. The molecule has 1 aromatic heterocycles.